The Hall–Kier alpha value is -3.35. The van der Waals surface area contributed by atoms with Crippen molar-refractivity contribution in [3.05, 3.63) is 101 Å². The SMILES string of the molecule is COC1OC(c2ccc(C)cc2)=C(C#Cc2ccccc2)c2ncccc21. The molecule has 0 radical (unpaired) electrons. The zero-order valence-electron chi connectivity index (χ0n) is 15.3. The van der Waals surface area contributed by atoms with E-state index in [0.29, 0.717) is 5.76 Å². The first-order valence-corrected chi connectivity index (χ1v) is 8.79. The Balaban J connectivity index is 1.91. The van der Waals surface area contributed by atoms with Gasteiger partial charge in [0.05, 0.1) is 11.3 Å². The third kappa shape index (κ3) is 3.48. The van der Waals surface area contributed by atoms with Gasteiger partial charge in [-0.05, 0) is 31.2 Å². The van der Waals surface area contributed by atoms with Gasteiger partial charge in [0.2, 0.25) is 6.29 Å². The lowest BCUT2D eigenvalue weighted by atomic mass is 9.97. The highest BCUT2D eigenvalue weighted by Gasteiger charge is 2.29. The second-order valence-electron chi connectivity index (χ2n) is 6.31. The second kappa shape index (κ2) is 7.49. The molecule has 0 aliphatic carbocycles. The molecular weight excluding hydrogens is 334 g/mol. The number of fused-ring (bicyclic) bond motifs is 1. The number of rotatable bonds is 2. The minimum Gasteiger partial charge on any atom is -0.458 e. The summed E-state index contributed by atoms with van der Waals surface area (Å²) in [6, 6.07) is 21.9. The van der Waals surface area contributed by atoms with Crippen LogP contribution in [0.4, 0.5) is 0 Å². The van der Waals surface area contributed by atoms with Crippen molar-refractivity contribution in [1.29, 1.82) is 0 Å². The van der Waals surface area contributed by atoms with Crippen molar-refractivity contribution in [2.45, 2.75) is 13.2 Å². The fourth-order valence-electron chi connectivity index (χ4n) is 3.02. The van der Waals surface area contributed by atoms with Crippen molar-refractivity contribution >= 4 is 11.3 Å². The van der Waals surface area contributed by atoms with Gasteiger partial charge in [-0.25, -0.2) is 0 Å². The van der Waals surface area contributed by atoms with E-state index in [9.17, 15) is 0 Å². The van der Waals surface area contributed by atoms with Crippen LogP contribution in [0.2, 0.25) is 0 Å². The summed E-state index contributed by atoms with van der Waals surface area (Å²) < 4.78 is 11.8. The highest BCUT2D eigenvalue weighted by molar-refractivity contribution is 5.97. The van der Waals surface area contributed by atoms with Crippen LogP contribution >= 0.6 is 0 Å². The first-order valence-electron chi connectivity index (χ1n) is 8.79. The zero-order chi connectivity index (χ0) is 18.6. The van der Waals surface area contributed by atoms with E-state index in [1.165, 1.54) is 5.56 Å². The molecule has 3 heteroatoms. The zero-order valence-corrected chi connectivity index (χ0v) is 15.3. The largest absolute Gasteiger partial charge is 0.458 e. The van der Waals surface area contributed by atoms with E-state index >= 15 is 0 Å². The molecule has 1 atom stereocenters. The standard InChI is InChI=1S/C24H19NO2/c1-17-10-13-19(14-11-17)23-20(15-12-18-7-4-3-5-8-18)22-21(9-6-16-25-22)24(26-2)27-23/h3-11,13-14,16,24H,1-2H3. The molecule has 132 valence electrons. The van der Waals surface area contributed by atoms with Crippen molar-refractivity contribution in [3.8, 4) is 11.8 Å². The molecule has 27 heavy (non-hydrogen) atoms. The van der Waals surface area contributed by atoms with E-state index in [0.717, 1.165) is 28.0 Å². The van der Waals surface area contributed by atoms with Gasteiger partial charge < -0.3 is 9.47 Å². The monoisotopic (exact) mass is 353 g/mol. The predicted molar refractivity (Wildman–Crippen MR) is 106 cm³/mol. The van der Waals surface area contributed by atoms with Gasteiger partial charge in [0, 0.05) is 30.0 Å². The summed E-state index contributed by atoms with van der Waals surface area (Å²) in [7, 11) is 1.63. The van der Waals surface area contributed by atoms with Gasteiger partial charge in [-0.15, -0.1) is 0 Å². The molecule has 2 heterocycles. The van der Waals surface area contributed by atoms with E-state index < -0.39 is 6.29 Å². The summed E-state index contributed by atoms with van der Waals surface area (Å²) in [6.07, 6.45) is 1.26. The van der Waals surface area contributed by atoms with Crippen molar-refractivity contribution in [1.82, 2.24) is 4.98 Å². The maximum Gasteiger partial charge on any atom is 0.228 e. The van der Waals surface area contributed by atoms with E-state index in [-0.39, 0.29) is 0 Å². The average molecular weight is 353 g/mol. The Kier molecular flexibility index (Phi) is 4.74. The van der Waals surface area contributed by atoms with Gasteiger partial charge in [0.15, 0.2) is 0 Å². The number of nitrogens with zero attached hydrogens (tertiary/aromatic N) is 1. The van der Waals surface area contributed by atoms with Crippen molar-refractivity contribution in [2.75, 3.05) is 7.11 Å². The van der Waals surface area contributed by atoms with Gasteiger partial charge in [-0.1, -0.05) is 59.9 Å². The predicted octanol–water partition coefficient (Wildman–Crippen LogP) is 4.99. The molecule has 0 bridgehead atoms. The van der Waals surface area contributed by atoms with Crippen molar-refractivity contribution < 1.29 is 9.47 Å². The van der Waals surface area contributed by atoms with Gasteiger partial charge >= 0.3 is 0 Å². The normalized spacial score (nSPS) is 15.4. The quantitative estimate of drug-likeness (QED) is 0.609. The number of hydrogen-bond acceptors (Lipinski definition) is 3. The fraction of sp³-hybridized carbons (Fsp3) is 0.125. The van der Waals surface area contributed by atoms with E-state index in [1.54, 1.807) is 13.3 Å². The van der Waals surface area contributed by atoms with Crippen LogP contribution in [0.1, 0.15) is 34.2 Å². The minimum absolute atomic E-state index is 0.507. The lowest BCUT2D eigenvalue weighted by Gasteiger charge is -2.27. The summed E-state index contributed by atoms with van der Waals surface area (Å²) in [5, 5.41) is 0. The smallest absolute Gasteiger partial charge is 0.228 e. The Morgan fingerprint density at radius 3 is 2.44 bits per heavy atom. The van der Waals surface area contributed by atoms with Crippen LogP contribution in [0.25, 0.3) is 11.3 Å². The molecule has 0 fully saturated rings. The van der Waals surface area contributed by atoms with Crippen LogP contribution in [-0.2, 0) is 9.47 Å². The Morgan fingerprint density at radius 2 is 1.70 bits per heavy atom. The summed E-state index contributed by atoms with van der Waals surface area (Å²) in [4.78, 5) is 4.58. The van der Waals surface area contributed by atoms with Crippen LogP contribution in [0.5, 0.6) is 0 Å². The summed E-state index contributed by atoms with van der Waals surface area (Å²) in [5.74, 6) is 7.21. The van der Waals surface area contributed by atoms with Crippen LogP contribution in [-0.4, -0.2) is 12.1 Å². The molecule has 0 saturated heterocycles. The third-order valence-corrected chi connectivity index (χ3v) is 4.42. The van der Waals surface area contributed by atoms with Crippen molar-refractivity contribution in [2.24, 2.45) is 0 Å². The van der Waals surface area contributed by atoms with E-state index in [2.05, 4.69) is 35.9 Å². The highest BCUT2D eigenvalue weighted by atomic mass is 16.7. The summed E-state index contributed by atoms with van der Waals surface area (Å²) in [6.45, 7) is 2.06. The Bertz CT molecular complexity index is 1040. The minimum atomic E-state index is -0.507. The average Bonchev–Trinajstić information content (AvgIpc) is 2.73. The number of aromatic nitrogens is 1. The topological polar surface area (TPSA) is 31.4 Å². The summed E-state index contributed by atoms with van der Waals surface area (Å²) >= 11 is 0. The lowest BCUT2D eigenvalue weighted by molar-refractivity contribution is -0.0771. The van der Waals surface area contributed by atoms with Crippen LogP contribution in [0.15, 0.2) is 72.9 Å². The van der Waals surface area contributed by atoms with Crippen LogP contribution < -0.4 is 0 Å². The van der Waals surface area contributed by atoms with Gasteiger partial charge in [-0.2, -0.15) is 0 Å². The molecule has 3 aromatic rings. The maximum atomic E-state index is 6.20. The number of allylic oxidation sites excluding steroid dienone is 1. The first kappa shape index (κ1) is 17.1. The number of hydrogen-bond donors (Lipinski definition) is 0. The third-order valence-electron chi connectivity index (χ3n) is 4.42. The number of pyridine rings is 1. The molecule has 1 aliphatic heterocycles. The molecular formula is C24H19NO2. The maximum absolute atomic E-state index is 6.20. The molecule has 1 aliphatic rings. The first-order chi connectivity index (χ1) is 13.3. The van der Waals surface area contributed by atoms with Crippen LogP contribution in [0, 0.1) is 18.8 Å². The van der Waals surface area contributed by atoms with Crippen molar-refractivity contribution in [3.63, 3.8) is 0 Å². The number of benzene rings is 2. The molecule has 1 aromatic heterocycles. The fourth-order valence-corrected chi connectivity index (χ4v) is 3.02. The number of ether oxygens (including phenoxy) is 2. The molecule has 4 rings (SSSR count). The molecule has 1 unspecified atom stereocenters. The lowest BCUT2D eigenvalue weighted by Crippen LogP contribution is -2.16. The highest BCUT2D eigenvalue weighted by Crippen LogP contribution is 2.39. The van der Waals surface area contributed by atoms with Gasteiger partial charge in [0.25, 0.3) is 0 Å². The molecule has 0 spiro atoms. The summed E-state index contributed by atoms with van der Waals surface area (Å²) in [5.41, 5.74) is 5.54. The van der Waals surface area contributed by atoms with E-state index in [4.69, 9.17) is 9.47 Å². The van der Waals surface area contributed by atoms with Gasteiger partial charge in [0.1, 0.15) is 5.76 Å². The molecule has 0 saturated carbocycles. The molecule has 2 aromatic carbocycles. The molecule has 0 amide bonds. The second-order valence-corrected chi connectivity index (χ2v) is 6.31. The number of aryl methyl sites for hydroxylation is 1. The van der Waals surface area contributed by atoms with Gasteiger partial charge in [-0.3, -0.25) is 4.98 Å². The Labute approximate surface area is 159 Å². The molecule has 3 nitrogen and oxygen atoms in total. The molecule has 0 N–H and O–H groups in total. The van der Waals surface area contributed by atoms with E-state index in [1.807, 2.05) is 54.6 Å². The Morgan fingerprint density at radius 1 is 0.926 bits per heavy atom. The van der Waals surface area contributed by atoms with Crippen LogP contribution in [0.3, 0.4) is 0 Å². The number of methoxy groups -OCH3 is 1.